The van der Waals surface area contributed by atoms with E-state index in [1.54, 1.807) is 42.5 Å². The smallest absolute Gasteiger partial charge is 0.336 e. The molecule has 0 bridgehead atoms. The molecule has 3 rings (SSSR count). The Labute approximate surface area is 160 Å². The number of ether oxygens (including phenoxy) is 1. The predicted octanol–water partition coefficient (Wildman–Crippen LogP) is 2.02. The first kappa shape index (κ1) is 18.8. The number of aromatic carboxylic acids is 1. The van der Waals surface area contributed by atoms with Crippen molar-refractivity contribution >= 4 is 35.2 Å². The van der Waals surface area contributed by atoms with Gasteiger partial charge in [0.05, 0.1) is 23.5 Å². The van der Waals surface area contributed by atoms with Crippen LogP contribution in [-0.2, 0) is 9.59 Å². The van der Waals surface area contributed by atoms with E-state index in [1.807, 2.05) is 0 Å². The van der Waals surface area contributed by atoms with Gasteiger partial charge >= 0.3 is 5.97 Å². The number of anilines is 1. The van der Waals surface area contributed by atoms with Gasteiger partial charge < -0.3 is 20.1 Å². The highest BCUT2D eigenvalue weighted by Crippen LogP contribution is 2.34. The molecule has 1 aliphatic rings. The number of thioether (sulfide) groups is 1. The maximum atomic E-state index is 12.8. The SMILES string of the molecule is CNC(=O)[C@H]1CN(C(=O)CSc2ccccc2C(=O)O)c2ccccc2O1. The topological polar surface area (TPSA) is 95.9 Å². The first-order valence-corrected chi connectivity index (χ1v) is 9.22. The number of para-hydroxylation sites is 2. The second kappa shape index (κ2) is 8.13. The van der Waals surface area contributed by atoms with Crippen LogP contribution >= 0.6 is 11.8 Å². The number of nitrogens with one attached hydrogen (secondary N) is 1. The number of likely N-dealkylation sites (N-methyl/N-ethyl adjacent to an activating group) is 1. The van der Waals surface area contributed by atoms with Gasteiger partial charge in [-0.25, -0.2) is 4.79 Å². The molecule has 0 fully saturated rings. The summed E-state index contributed by atoms with van der Waals surface area (Å²) in [6.45, 7) is 0.0939. The van der Waals surface area contributed by atoms with Crippen LogP contribution in [0.1, 0.15) is 10.4 Å². The molecule has 0 unspecified atom stereocenters. The summed E-state index contributed by atoms with van der Waals surface area (Å²) in [6, 6.07) is 13.6. The molecule has 2 aromatic rings. The quantitative estimate of drug-likeness (QED) is 0.764. The number of benzene rings is 2. The third-order valence-corrected chi connectivity index (χ3v) is 5.14. The van der Waals surface area contributed by atoms with Crippen LogP contribution in [0.2, 0.25) is 0 Å². The van der Waals surface area contributed by atoms with Gasteiger partial charge in [0.2, 0.25) is 5.91 Å². The molecular formula is C19H18N2O5S. The molecule has 0 aromatic heterocycles. The number of hydrogen-bond donors (Lipinski definition) is 2. The van der Waals surface area contributed by atoms with E-state index in [0.29, 0.717) is 16.3 Å². The molecular weight excluding hydrogens is 368 g/mol. The average molecular weight is 386 g/mol. The van der Waals surface area contributed by atoms with Crippen molar-refractivity contribution in [1.82, 2.24) is 5.32 Å². The van der Waals surface area contributed by atoms with E-state index >= 15 is 0 Å². The van der Waals surface area contributed by atoms with Gasteiger partial charge in [-0.15, -0.1) is 11.8 Å². The Hall–Kier alpha value is -3.00. The molecule has 2 amide bonds. The molecule has 1 aliphatic heterocycles. The van der Waals surface area contributed by atoms with Crippen molar-refractivity contribution in [2.45, 2.75) is 11.0 Å². The summed E-state index contributed by atoms with van der Waals surface area (Å²) in [5.41, 5.74) is 0.746. The number of amides is 2. The van der Waals surface area contributed by atoms with E-state index < -0.39 is 12.1 Å². The van der Waals surface area contributed by atoms with E-state index in [9.17, 15) is 19.5 Å². The van der Waals surface area contributed by atoms with Crippen molar-refractivity contribution in [1.29, 1.82) is 0 Å². The Balaban J connectivity index is 1.79. The first-order chi connectivity index (χ1) is 13.0. The molecule has 140 valence electrons. The maximum Gasteiger partial charge on any atom is 0.336 e. The number of hydrogen-bond acceptors (Lipinski definition) is 5. The van der Waals surface area contributed by atoms with E-state index in [2.05, 4.69) is 5.32 Å². The summed E-state index contributed by atoms with van der Waals surface area (Å²) in [5.74, 6) is -1.08. The fourth-order valence-corrected chi connectivity index (χ4v) is 3.68. The third-order valence-electron chi connectivity index (χ3n) is 4.08. The zero-order valence-corrected chi connectivity index (χ0v) is 15.4. The highest BCUT2D eigenvalue weighted by Gasteiger charge is 2.33. The highest BCUT2D eigenvalue weighted by molar-refractivity contribution is 8.00. The maximum absolute atomic E-state index is 12.8. The summed E-state index contributed by atoms with van der Waals surface area (Å²) in [7, 11) is 1.51. The van der Waals surface area contributed by atoms with Crippen LogP contribution in [0.3, 0.4) is 0 Å². The van der Waals surface area contributed by atoms with Gasteiger partial charge in [0.15, 0.2) is 6.10 Å². The fraction of sp³-hybridized carbons (Fsp3) is 0.211. The number of carbonyl (C=O) groups is 3. The molecule has 0 saturated carbocycles. The second-order valence-corrected chi connectivity index (χ2v) is 6.80. The standard InChI is InChI=1S/C19H18N2O5S/c1-20-18(23)15-10-21(13-7-3-4-8-14(13)26-15)17(22)11-27-16-9-5-2-6-12(16)19(24)25/h2-9,15H,10-11H2,1H3,(H,20,23)(H,24,25)/t15-/m1/s1. The van der Waals surface area contributed by atoms with Gasteiger partial charge in [-0.05, 0) is 24.3 Å². The van der Waals surface area contributed by atoms with Crippen LogP contribution in [-0.4, -0.2) is 48.3 Å². The summed E-state index contributed by atoms with van der Waals surface area (Å²) >= 11 is 1.15. The number of carboxylic acid groups (broad SMARTS) is 1. The van der Waals surface area contributed by atoms with Crippen LogP contribution in [0.5, 0.6) is 5.75 Å². The van der Waals surface area contributed by atoms with Crippen LogP contribution in [0.4, 0.5) is 5.69 Å². The van der Waals surface area contributed by atoms with Gasteiger partial charge in [0.25, 0.3) is 5.91 Å². The average Bonchev–Trinajstić information content (AvgIpc) is 2.70. The normalized spacial score (nSPS) is 15.4. The number of carbonyl (C=O) groups excluding carboxylic acids is 2. The Morgan fingerprint density at radius 1 is 1.19 bits per heavy atom. The lowest BCUT2D eigenvalue weighted by molar-refractivity contribution is -0.127. The Kier molecular flexibility index (Phi) is 5.66. The van der Waals surface area contributed by atoms with E-state index in [0.717, 1.165) is 11.8 Å². The van der Waals surface area contributed by atoms with Gasteiger partial charge in [-0.1, -0.05) is 24.3 Å². The van der Waals surface area contributed by atoms with Gasteiger partial charge in [-0.2, -0.15) is 0 Å². The van der Waals surface area contributed by atoms with Crippen molar-refractivity contribution in [2.24, 2.45) is 0 Å². The Morgan fingerprint density at radius 3 is 2.63 bits per heavy atom. The van der Waals surface area contributed by atoms with Crippen molar-refractivity contribution in [3.63, 3.8) is 0 Å². The third kappa shape index (κ3) is 4.06. The minimum atomic E-state index is -1.04. The number of fused-ring (bicyclic) bond motifs is 1. The molecule has 0 saturated heterocycles. The zero-order valence-electron chi connectivity index (χ0n) is 14.5. The van der Waals surface area contributed by atoms with Crippen LogP contribution in [0.25, 0.3) is 0 Å². The van der Waals surface area contributed by atoms with Crippen LogP contribution in [0.15, 0.2) is 53.4 Å². The Morgan fingerprint density at radius 2 is 1.89 bits per heavy atom. The predicted molar refractivity (Wildman–Crippen MR) is 101 cm³/mol. The molecule has 7 nitrogen and oxygen atoms in total. The largest absolute Gasteiger partial charge is 0.478 e. The fourth-order valence-electron chi connectivity index (χ4n) is 2.75. The van der Waals surface area contributed by atoms with Crippen molar-refractivity contribution < 1.29 is 24.2 Å². The molecule has 0 radical (unpaired) electrons. The molecule has 2 aromatic carbocycles. The minimum Gasteiger partial charge on any atom is -0.478 e. The van der Waals surface area contributed by atoms with Crippen molar-refractivity contribution in [3.05, 3.63) is 54.1 Å². The molecule has 27 heavy (non-hydrogen) atoms. The Bertz CT molecular complexity index is 886. The van der Waals surface area contributed by atoms with Crippen LogP contribution in [0, 0.1) is 0 Å². The summed E-state index contributed by atoms with van der Waals surface area (Å²) in [5, 5.41) is 11.8. The van der Waals surface area contributed by atoms with Crippen molar-refractivity contribution in [2.75, 3.05) is 24.2 Å². The summed E-state index contributed by atoms with van der Waals surface area (Å²) < 4.78 is 5.69. The van der Waals surface area contributed by atoms with Gasteiger partial charge in [-0.3, -0.25) is 9.59 Å². The zero-order chi connectivity index (χ0) is 19.4. The van der Waals surface area contributed by atoms with E-state index in [1.165, 1.54) is 18.0 Å². The highest BCUT2D eigenvalue weighted by atomic mass is 32.2. The molecule has 0 spiro atoms. The monoisotopic (exact) mass is 386 g/mol. The minimum absolute atomic E-state index is 0.0408. The van der Waals surface area contributed by atoms with Gasteiger partial charge in [0, 0.05) is 11.9 Å². The van der Waals surface area contributed by atoms with E-state index in [4.69, 9.17) is 4.74 Å². The number of nitrogens with zero attached hydrogens (tertiary/aromatic N) is 1. The lowest BCUT2D eigenvalue weighted by Gasteiger charge is -2.34. The van der Waals surface area contributed by atoms with Crippen LogP contribution < -0.4 is 15.0 Å². The number of rotatable bonds is 5. The molecule has 2 N–H and O–H groups in total. The lowest BCUT2D eigenvalue weighted by atomic mass is 10.2. The number of carboxylic acids is 1. The molecule has 1 heterocycles. The molecule has 0 aliphatic carbocycles. The first-order valence-electron chi connectivity index (χ1n) is 8.24. The summed E-state index contributed by atoms with van der Waals surface area (Å²) in [4.78, 5) is 38.2. The van der Waals surface area contributed by atoms with Gasteiger partial charge in [0.1, 0.15) is 5.75 Å². The van der Waals surface area contributed by atoms with Crippen molar-refractivity contribution in [3.8, 4) is 5.75 Å². The second-order valence-electron chi connectivity index (χ2n) is 5.78. The molecule has 8 heteroatoms. The lowest BCUT2D eigenvalue weighted by Crippen LogP contribution is -2.50. The van der Waals surface area contributed by atoms with E-state index in [-0.39, 0.29) is 29.7 Å². The molecule has 1 atom stereocenters. The summed E-state index contributed by atoms with van der Waals surface area (Å²) in [6.07, 6.45) is -0.801.